The third-order valence-corrected chi connectivity index (χ3v) is 4.49. The van der Waals surface area contributed by atoms with Crippen LogP contribution < -0.4 is 5.43 Å². The Labute approximate surface area is 130 Å². The summed E-state index contributed by atoms with van der Waals surface area (Å²) < 4.78 is 5.71. The molecule has 3 rings (SSSR count). The fourth-order valence-corrected chi connectivity index (χ4v) is 2.67. The molecule has 0 radical (unpaired) electrons. The summed E-state index contributed by atoms with van der Waals surface area (Å²) in [5.41, 5.74) is -0.0275. The number of fused-ring (bicyclic) bond motifs is 2. The van der Waals surface area contributed by atoms with E-state index in [2.05, 4.69) is 0 Å². The number of carboxylic acids is 1. The highest BCUT2D eigenvalue weighted by Gasteiger charge is 2.34. The quantitative estimate of drug-likeness (QED) is 0.593. The Morgan fingerprint density at radius 1 is 1.18 bits per heavy atom. The molecule has 0 amide bonds. The van der Waals surface area contributed by atoms with Crippen LogP contribution in [-0.4, -0.2) is 17.0 Å². The maximum atomic E-state index is 12.6. The molecule has 0 spiro atoms. The van der Waals surface area contributed by atoms with Gasteiger partial charge in [-0.2, -0.15) is 0 Å². The lowest BCUT2D eigenvalue weighted by Crippen LogP contribution is -2.34. The van der Waals surface area contributed by atoms with Gasteiger partial charge in [-0.1, -0.05) is 18.2 Å². The number of carboxylic acid groups (broad SMARTS) is 1. The summed E-state index contributed by atoms with van der Waals surface area (Å²) in [6.07, 6.45) is 0. The predicted molar refractivity (Wildman–Crippen MR) is 85.7 cm³/mol. The van der Waals surface area contributed by atoms with Crippen LogP contribution in [0.1, 0.15) is 12.5 Å². The van der Waals surface area contributed by atoms with Gasteiger partial charge in [-0.15, -0.1) is 11.6 Å². The maximum Gasteiger partial charge on any atom is 0.315 e. The van der Waals surface area contributed by atoms with Crippen molar-refractivity contribution in [2.45, 2.75) is 12.3 Å². The average molecular weight is 317 g/mol. The highest BCUT2D eigenvalue weighted by atomic mass is 35.5. The van der Waals surface area contributed by atoms with Crippen LogP contribution in [-0.2, 0) is 10.2 Å². The van der Waals surface area contributed by atoms with Gasteiger partial charge < -0.3 is 9.52 Å². The molecule has 112 valence electrons. The first-order valence-electron chi connectivity index (χ1n) is 6.73. The van der Waals surface area contributed by atoms with Crippen molar-refractivity contribution in [3.8, 4) is 0 Å². The summed E-state index contributed by atoms with van der Waals surface area (Å²) >= 11 is 5.84. The van der Waals surface area contributed by atoms with Crippen molar-refractivity contribution < 1.29 is 14.3 Å². The van der Waals surface area contributed by atoms with Crippen LogP contribution in [0.5, 0.6) is 0 Å². The molecular weight excluding hydrogens is 304 g/mol. The topological polar surface area (TPSA) is 67.5 Å². The lowest BCUT2D eigenvalue weighted by molar-refractivity contribution is -0.142. The standard InChI is InChI=1S/C17H13ClO4/c1-17(9-18,16(20)21)10-6-7-14-12(8-10)15(19)11-4-2-3-5-13(11)22-14/h2-8H,9H2,1H3,(H,20,21). The van der Waals surface area contributed by atoms with Crippen molar-refractivity contribution in [1.82, 2.24) is 0 Å². The van der Waals surface area contributed by atoms with E-state index in [0.29, 0.717) is 27.5 Å². The van der Waals surface area contributed by atoms with Crippen molar-refractivity contribution in [3.63, 3.8) is 0 Å². The molecule has 3 aromatic rings. The number of carbonyl (C=O) groups is 1. The third-order valence-electron chi connectivity index (χ3n) is 3.95. The molecule has 1 heterocycles. The van der Waals surface area contributed by atoms with Gasteiger partial charge in [-0.25, -0.2) is 0 Å². The van der Waals surface area contributed by atoms with E-state index >= 15 is 0 Å². The molecule has 1 atom stereocenters. The van der Waals surface area contributed by atoms with E-state index in [-0.39, 0.29) is 11.3 Å². The summed E-state index contributed by atoms with van der Waals surface area (Å²) in [6, 6.07) is 11.8. The third kappa shape index (κ3) is 2.07. The van der Waals surface area contributed by atoms with Crippen LogP contribution in [0.2, 0.25) is 0 Å². The lowest BCUT2D eigenvalue weighted by atomic mass is 9.84. The minimum absolute atomic E-state index is 0.0905. The van der Waals surface area contributed by atoms with E-state index in [1.165, 1.54) is 6.92 Å². The molecule has 2 aromatic carbocycles. The van der Waals surface area contributed by atoms with Crippen LogP contribution in [0.25, 0.3) is 21.9 Å². The van der Waals surface area contributed by atoms with Crippen molar-refractivity contribution in [3.05, 3.63) is 58.3 Å². The molecule has 4 nitrogen and oxygen atoms in total. The van der Waals surface area contributed by atoms with Gasteiger partial charge in [0.15, 0.2) is 0 Å². The maximum absolute atomic E-state index is 12.6. The Morgan fingerprint density at radius 2 is 1.86 bits per heavy atom. The van der Waals surface area contributed by atoms with Crippen molar-refractivity contribution >= 4 is 39.5 Å². The number of halogens is 1. The van der Waals surface area contributed by atoms with Gasteiger partial charge in [0.05, 0.1) is 10.8 Å². The van der Waals surface area contributed by atoms with Gasteiger partial charge in [-0.05, 0) is 36.8 Å². The minimum Gasteiger partial charge on any atom is -0.481 e. The number of para-hydroxylation sites is 1. The van der Waals surface area contributed by atoms with Gasteiger partial charge in [0.25, 0.3) is 0 Å². The SMILES string of the molecule is CC(CCl)(C(=O)O)c1ccc2oc3ccccc3c(=O)c2c1. The Hall–Kier alpha value is -2.33. The van der Waals surface area contributed by atoms with Gasteiger partial charge >= 0.3 is 5.97 Å². The van der Waals surface area contributed by atoms with E-state index in [9.17, 15) is 14.7 Å². The summed E-state index contributed by atoms with van der Waals surface area (Å²) in [4.78, 5) is 24.1. The van der Waals surface area contributed by atoms with Gasteiger partial charge in [0.2, 0.25) is 5.43 Å². The Morgan fingerprint density at radius 3 is 2.55 bits per heavy atom. The van der Waals surface area contributed by atoms with Gasteiger partial charge in [0.1, 0.15) is 16.6 Å². The molecule has 0 bridgehead atoms. The molecule has 1 aromatic heterocycles. The van der Waals surface area contributed by atoms with Gasteiger partial charge in [0, 0.05) is 5.88 Å². The number of hydrogen-bond acceptors (Lipinski definition) is 3. The highest BCUT2D eigenvalue weighted by molar-refractivity contribution is 6.20. The zero-order valence-electron chi connectivity index (χ0n) is 11.8. The second-order valence-corrected chi connectivity index (χ2v) is 5.68. The molecule has 0 aliphatic carbocycles. The highest BCUT2D eigenvalue weighted by Crippen LogP contribution is 2.29. The van der Waals surface area contributed by atoms with Crippen molar-refractivity contribution in [1.29, 1.82) is 0 Å². The Balaban J connectivity index is 2.35. The molecule has 0 saturated heterocycles. The normalized spacial score (nSPS) is 14.1. The number of alkyl halides is 1. The average Bonchev–Trinajstić information content (AvgIpc) is 2.54. The first kappa shape index (κ1) is 14.6. The lowest BCUT2D eigenvalue weighted by Gasteiger charge is -2.22. The molecule has 1 N–H and O–H groups in total. The fraction of sp³-hybridized carbons (Fsp3) is 0.176. The van der Waals surface area contributed by atoms with Gasteiger partial charge in [-0.3, -0.25) is 9.59 Å². The molecular formula is C17H13ClO4. The molecule has 22 heavy (non-hydrogen) atoms. The minimum atomic E-state index is -1.26. The number of benzene rings is 2. The van der Waals surface area contributed by atoms with Crippen molar-refractivity contribution in [2.75, 3.05) is 5.88 Å². The molecule has 0 aliphatic rings. The molecule has 5 heteroatoms. The Kier molecular flexibility index (Phi) is 3.41. The fourth-order valence-electron chi connectivity index (χ4n) is 2.40. The Bertz CT molecular complexity index is 944. The summed E-state index contributed by atoms with van der Waals surface area (Å²) in [7, 11) is 0. The molecule has 1 unspecified atom stereocenters. The van der Waals surface area contributed by atoms with Crippen LogP contribution in [0.15, 0.2) is 51.7 Å². The van der Waals surface area contributed by atoms with E-state index in [1.54, 1.807) is 42.5 Å². The van der Waals surface area contributed by atoms with E-state index < -0.39 is 11.4 Å². The number of aliphatic carboxylic acids is 1. The zero-order chi connectivity index (χ0) is 15.9. The second kappa shape index (κ2) is 5.14. The van der Waals surface area contributed by atoms with E-state index in [0.717, 1.165) is 0 Å². The number of hydrogen-bond donors (Lipinski definition) is 1. The summed E-state index contributed by atoms with van der Waals surface area (Å²) in [5, 5.41) is 10.2. The second-order valence-electron chi connectivity index (χ2n) is 5.41. The summed E-state index contributed by atoms with van der Waals surface area (Å²) in [6.45, 7) is 1.53. The molecule has 0 saturated carbocycles. The monoisotopic (exact) mass is 316 g/mol. The first-order chi connectivity index (χ1) is 10.5. The predicted octanol–water partition coefficient (Wildman–Crippen LogP) is 3.53. The van der Waals surface area contributed by atoms with Crippen LogP contribution in [0.3, 0.4) is 0 Å². The molecule has 0 fully saturated rings. The van der Waals surface area contributed by atoms with E-state index in [4.69, 9.17) is 16.0 Å². The molecule has 0 aliphatic heterocycles. The largest absolute Gasteiger partial charge is 0.481 e. The van der Waals surface area contributed by atoms with Crippen LogP contribution in [0.4, 0.5) is 0 Å². The summed E-state index contributed by atoms with van der Waals surface area (Å²) in [5.74, 6) is -1.13. The van der Waals surface area contributed by atoms with Crippen molar-refractivity contribution in [2.24, 2.45) is 0 Å². The smallest absolute Gasteiger partial charge is 0.315 e. The van der Waals surface area contributed by atoms with Crippen LogP contribution in [0, 0.1) is 0 Å². The zero-order valence-corrected chi connectivity index (χ0v) is 12.6. The van der Waals surface area contributed by atoms with E-state index in [1.807, 2.05) is 0 Å². The first-order valence-corrected chi connectivity index (χ1v) is 7.26. The van der Waals surface area contributed by atoms with Crippen LogP contribution >= 0.6 is 11.6 Å². The number of rotatable bonds is 3.